The maximum Gasteiger partial charge on any atom is 0.321 e. The summed E-state index contributed by atoms with van der Waals surface area (Å²) in [5, 5.41) is 1.44. The fourth-order valence-corrected chi connectivity index (χ4v) is 3.63. The van der Waals surface area contributed by atoms with Gasteiger partial charge in [-0.3, -0.25) is 9.59 Å². The molecule has 0 fully saturated rings. The largest absolute Gasteiger partial charge is 0.465 e. The van der Waals surface area contributed by atoms with Gasteiger partial charge < -0.3 is 14.5 Å². The minimum Gasteiger partial charge on any atom is -0.465 e. The number of carbonyl (C=O) groups is 2. The monoisotopic (exact) mass is 399 g/mol. The van der Waals surface area contributed by atoms with E-state index < -0.39 is 23.8 Å². The van der Waals surface area contributed by atoms with Crippen molar-refractivity contribution in [1.29, 1.82) is 0 Å². The minimum atomic E-state index is -1.14. The van der Waals surface area contributed by atoms with Gasteiger partial charge in [0, 0.05) is 28.0 Å². The maximum atomic E-state index is 12.8. The molecule has 0 saturated carbocycles. The molecule has 1 aromatic heterocycles. The highest BCUT2D eigenvalue weighted by Crippen LogP contribution is 2.38. The van der Waals surface area contributed by atoms with Crippen molar-refractivity contribution >= 4 is 34.4 Å². The Bertz CT molecular complexity index is 963. The van der Waals surface area contributed by atoms with E-state index >= 15 is 0 Å². The quantitative estimate of drug-likeness (QED) is 0.462. The summed E-state index contributed by atoms with van der Waals surface area (Å²) in [6.45, 7) is 3.76. The number of carbonyl (C=O) groups excluding carboxylic acids is 2. The van der Waals surface area contributed by atoms with Gasteiger partial charge in [-0.15, -0.1) is 0 Å². The van der Waals surface area contributed by atoms with Crippen LogP contribution in [0, 0.1) is 5.92 Å². The average molecular weight is 400 g/mol. The first-order valence-corrected chi connectivity index (χ1v) is 9.59. The van der Waals surface area contributed by atoms with Crippen molar-refractivity contribution in [3.05, 3.63) is 70.9 Å². The third-order valence-electron chi connectivity index (χ3n) is 4.58. The second-order valence-corrected chi connectivity index (χ2v) is 6.74. The molecule has 3 rings (SSSR count). The van der Waals surface area contributed by atoms with E-state index in [2.05, 4.69) is 4.98 Å². The number of aromatic nitrogens is 1. The molecule has 0 spiro atoms. The second kappa shape index (κ2) is 8.93. The molecule has 0 radical (unpaired) electrons. The lowest BCUT2D eigenvalue weighted by atomic mass is 9.80. The fraction of sp³-hybridized carbons (Fsp3) is 0.273. The van der Waals surface area contributed by atoms with Gasteiger partial charge in [-0.1, -0.05) is 41.9 Å². The molecular formula is C22H22ClNO4. The molecular weight excluding hydrogens is 378 g/mol. The van der Waals surface area contributed by atoms with Crippen LogP contribution < -0.4 is 0 Å². The van der Waals surface area contributed by atoms with Crippen LogP contribution in [0.5, 0.6) is 0 Å². The van der Waals surface area contributed by atoms with E-state index in [0.717, 1.165) is 22.0 Å². The van der Waals surface area contributed by atoms with Gasteiger partial charge in [-0.05, 0) is 43.2 Å². The summed E-state index contributed by atoms with van der Waals surface area (Å²) in [7, 11) is 0. The van der Waals surface area contributed by atoms with Crippen LogP contribution in [-0.4, -0.2) is 30.1 Å². The second-order valence-electron chi connectivity index (χ2n) is 6.30. The van der Waals surface area contributed by atoms with Gasteiger partial charge in [0.2, 0.25) is 0 Å². The van der Waals surface area contributed by atoms with Crippen molar-refractivity contribution in [2.24, 2.45) is 5.92 Å². The highest BCUT2D eigenvalue weighted by molar-refractivity contribution is 6.30. The van der Waals surface area contributed by atoms with Crippen LogP contribution in [0.3, 0.4) is 0 Å². The minimum absolute atomic E-state index is 0.172. The van der Waals surface area contributed by atoms with Gasteiger partial charge in [0.1, 0.15) is 0 Å². The number of aromatic amines is 1. The Labute approximate surface area is 168 Å². The molecule has 2 aromatic carbocycles. The average Bonchev–Trinajstić information content (AvgIpc) is 3.10. The first-order chi connectivity index (χ1) is 13.6. The van der Waals surface area contributed by atoms with E-state index in [1.165, 1.54) is 0 Å². The molecule has 3 aromatic rings. The lowest BCUT2D eigenvalue weighted by Gasteiger charge is -2.25. The van der Waals surface area contributed by atoms with E-state index in [-0.39, 0.29) is 13.2 Å². The molecule has 5 nitrogen and oxygen atoms in total. The van der Waals surface area contributed by atoms with Crippen LogP contribution >= 0.6 is 11.6 Å². The molecule has 1 atom stereocenters. The highest BCUT2D eigenvalue weighted by Gasteiger charge is 2.40. The molecule has 1 heterocycles. The van der Waals surface area contributed by atoms with Crippen LogP contribution in [0.2, 0.25) is 5.02 Å². The van der Waals surface area contributed by atoms with Crippen molar-refractivity contribution in [3.8, 4) is 0 Å². The van der Waals surface area contributed by atoms with Crippen LogP contribution in [0.4, 0.5) is 0 Å². The Hall–Kier alpha value is -2.79. The van der Waals surface area contributed by atoms with Gasteiger partial charge in [0.15, 0.2) is 5.92 Å². The third kappa shape index (κ3) is 4.04. The number of esters is 2. The standard InChI is InChI=1S/C22H22ClNO4/c1-3-27-21(25)20(22(26)28-4-2)19(14-8-7-9-15(23)12-14)17-13-24-18-11-6-5-10-16(17)18/h5-13,19-20,24H,3-4H2,1-2H3. The van der Waals surface area contributed by atoms with Crippen LogP contribution in [0.15, 0.2) is 54.7 Å². The molecule has 28 heavy (non-hydrogen) atoms. The molecule has 1 unspecified atom stereocenters. The topological polar surface area (TPSA) is 68.4 Å². The van der Waals surface area contributed by atoms with Crippen LogP contribution in [0.1, 0.15) is 30.9 Å². The number of benzene rings is 2. The number of hydrogen-bond acceptors (Lipinski definition) is 4. The van der Waals surface area contributed by atoms with Gasteiger partial charge in [0.25, 0.3) is 0 Å². The molecule has 6 heteroatoms. The molecule has 0 amide bonds. The molecule has 1 N–H and O–H groups in total. The number of nitrogens with one attached hydrogen (secondary N) is 1. The van der Waals surface area contributed by atoms with Crippen molar-refractivity contribution in [2.45, 2.75) is 19.8 Å². The molecule has 0 saturated heterocycles. The number of fused-ring (bicyclic) bond motifs is 1. The van der Waals surface area contributed by atoms with Crippen LogP contribution in [-0.2, 0) is 19.1 Å². The first-order valence-electron chi connectivity index (χ1n) is 9.21. The number of hydrogen-bond donors (Lipinski definition) is 1. The fourth-order valence-electron chi connectivity index (χ4n) is 3.44. The smallest absolute Gasteiger partial charge is 0.321 e. The van der Waals surface area contributed by atoms with Gasteiger partial charge in [-0.2, -0.15) is 0 Å². The molecule has 146 valence electrons. The predicted molar refractivity (Wildman–Crippen MR) is 108 cm³/mol. The first kappa shape index (κ1) is 20.0. The lowest BCUT2D eigenvalue weighted by Crippen LogP contribution is -2.34. The summed E-state index contributed by atoms with van der Waals surface area (Å²) in [6, 6.07) is 14.9. The summed E-state index contributed by atoms with van der Waals surface area (Å²) in [4.78, 5) is 28.9. The van der Waals surface area contributed by atoms with Crippen molar-refractivity contribution in [3.63, 3.8) is 0 Å². The number of H-pyrrole nitrogens is 1. The zero-order valence-corrected chi connectivity index (χ0v) is 16.5. The van der Waals surface area contributed by atoms with Gasteiger partial charge in [0.05, 0.1) is 13.2 Å². The van der Waals surface area contributed by atoms with E-state index in [0.29, 0.717) is 5.02 Å². The summed E-state index contributed by atoms with van der Waals surface area (Å²) in [6.07, 6.45) is 1.82. The van der Waals surface area contributed by atoms with Crippen molar-refractivity contribution < 1.29 is 19.1 Å². The van der Waals surface area contributed by atoms with Crippen LogP contribution in [0.25, 0.3) is 10.9 Å². The van der Waals surface area contributed by atoms with E-state index in [9.17, 15) is 9.59 Å². The predicted octanol–water partition coefficient (Wildman–Crippen LogP) is 4.70. The zero-order valence-electron chi connectivity index (χ0n) is 15.8. The summed E-state index contributed by atoms with van der Waals surface area (Å²) >= 11 is 6.21. The normalized spacial score (nSPS) is 12.1. The lowest BCUT2D eigenvalue weighted by molar-refractivity contribution is -0.162. The van der Waals surface area contributed by atoms with Crippen molar-refractivity contribution in [1.82, 2.24) is 4.98 Å². The Balaban J connectivity index is 2.21. The third-order valence-corrected chi connectivity index (χ3v) is 4.81. The van der Waals surface area contributed by atoms with E-state index in [1.54, 1.807) is 32.0 Å². The summed E-state index contributed by atoms with van der Waals surface area (Å²) in [5.74, 6) is -2.97. The maximum absolute atomic E-state index is 12.8. The van der Waals surface area contributed by atoms with E-state index in [1.807, 2.05) is 36.5 Å². The number of halogens is 1. The van der Waals surface area contributed by atoms with E-state index in [4.69, 9.17) is 21.1 Å². The summed E-state index contributed by atoms with van der Waals surface area (Å²) in [5.41, 5.74) is 2.46. The molecule has 0 aliphatic heterocycles. The SMILES string of the molecule is CCOC(=O)C(C(=O)OCC)C(c1cccc(Cl)c1)c1c[nH]c2ccccc12. The van der Waals surface area contributed by atoms with Gasteiger partial charge >= 0.3 is 11.9 Å². The van der Waals surface area contributed by atoms with Crippen molar-refractivity contribution in [2.75, 3.05) is 13.2 Å². The molecule has 0 bridgehead atoms. The molecule has 0 aliphatic rings. The zero-order chi connectivity index (χ0) is 20.1. The highest BCUT2D eigenvalue weighted by atomic mass is 35.5. The number of ether oxygens (including phenoxy) is 2. The Morgan fingerprint density at radius 2 is 1.68 bits per heavy atom. The Kier molecular flexibility index (Phi) is 6.37. The Morgan fingerprint density at radius 3 is 2.32 bits per heavy atom. The van der Waals surface area contributed by atoms with Gasteiger partial charge in [-0.25, -0.2) is 0 Å². The molecule has 0 aliphatic carbocycles. The summed E-state index contributed by atoms with van der Waals surface area (Å²) < 4.78 is 10.5. The Morgan fingerprint density at radius 1 is 1.00 bits per heavy atom. The number of para-hydroxylation sites is 1. The number of rotatable bonds is 7.